The SMILES string of the molecule is CCCCN1C(=O)/C(=C2\SC(=S)N(C(C)CC)C2=O)c2cc(Br)ccc21. The minimum Gasteiger partial charge on any atom is -0.308 e. The zero-order chi connectivity index (χ0) is 19.0. The highest BCUT2D eigenvalue weighted by atomic mass is 79.9. The van der Waals surface area contributed by atoms with Gasteiger partial charge in [-0.25, -0.2) is 0 Å². The summed E-state index contributed by atoms with van der Waals surface area (Å²) in [6.07, 6.45) is 2.73. The molecule has 7 heteroatoms. The molecule has 0 aliphatic carbocycles. The first-order valence-corrected chi connectivity index (χ1v) is 10.8. The molecule has 0 bridgehead atoms. The highest BCUT2D eigenvalue weighted by Gasteiger charge is 2.42. The third-order valence-corrected chi connectivity index (χ3v) is 6.66. The lowest BCUT2D eigenvalue weighted by atomic mass is 10.1. The molecular weight excluding hydrogens is 432 g/mol. The van der Waals surface area contributed by atoms with Crippen LogP contribution in [0.3, 0.4) is 0 Å². The van der Waals surface area contributed by atoms with Crippen molar-refractivity contribution in [1.29, 1.82) is 0 Å². The second-order valence-corrected chi connectivity index (χ2v) is 9.04. The van der Waals surface area contributed by atoms with Crippen LogP contribution in [0.5, 0.6) is 0 Å². The molecule has 1 aromatic rings. The third kappa shape index (κ3) is 3.25. The zero-order valence-electron chi connectivity index (χ0n) is 15.0. The first-order chi connectivity index (χ1) is 12.4. The van der Waals surface area contributed by atoms with Crippen molar-refractivity contribution in [3.8, 4) is 0 Å². The molecule has 0 spiro atoms. The van der Waals surface area contributed by atoms with Crippen LogP contribution in [0.15, 0.2) is 27.6 Å². The minimum absolute atomic E-state index is 0.0234. The number of thioether (sulfide) groups is 1. The number of fused-ring (bicyclic) bond motifs is 1. The van der Waals surface area contributed by atoms with E-state index in [2.05, 4.69) is 22.9 Å². The highest BCUT2D eigenvalue weighted by Crippen LogP contribution is 2.46. The number of carbonyl (C=O) groups is 2. The Morgan fingerprint density at radius 2 is 1.96 bits per heavy atom. The van der Waals surface area contributed by atoms with E-state index in [1.165, 1.54) is 11.8 Å². The number of thiocarbonyl (C=S) groups is 1. The number of carbonyl (C=O) groups excluding carboxylic acids is 2. The highest BCUT2D eigenvalue weighted by molar-refractivity contribution is 9.10. The molecule has 4 nitrogen and oxygen atoms in total. The van der Waals surface area contributed by atoms with Crippen LogP contribution < -0.4 is 4.90 Å². The second kappa shape index (κ2) is 7.82. The Kier molecular flexibility index (Phi) is 5.89. The van der Waals surface area contributed by atoms with E-state index in [9.17, 15) is 9.59 Å². The van der Waals surface area contributed by atoms with Crippen LogP contribution in [0.25, 0.3) is 5.57 Å². The Morgan fingerprint density at radius 3 is 2.62 bits per heavy atom. The van der Waals surface area contributed by atoms with Crippen molar-refractivity contribution in [2.24, 2.45) is 0 Å². The van der Waals surface area contributed by atoms with E-state index in [1.807, 2.05) is 32.0 Å². The van der Waals surface area contributed by atoms with Crippen LogP contribution in [-0.2, 0) is 9.59 Å². The maximum Gasteiger partial charge on any atom is 0.267 e. The van der Waals surface area contributed by atoms with Gasteiger partial charge in [0.05, 0.1) is 16.2 Å². The molecule has 1 unspecified atom stereocenters. The minimum atomic E-state index is -0.152. The number of hydrogen-bond acceptors (Lipinski definition) is 4. The van der Waals surface area contributed by atoms with Gasteiger partial charge in [-0.15, -0.1) is 0 Å². The van der Waals surface area contributed by atoms with Crippen LogP contribution in [-0.4, -0.2) is 33.6 Å². The average Bonchev–Trinajstić information content (AvgIpc) is 3.04. The summed E-state index contributed by atoms with van der Waals surface area (Å²) in [7, 11) is 0. The largest absolute Gasteiger partial charge is 0.308 e. The van der Waals surface area contributed by atoms with Gasteiger partial charge < -0.3 is 4.90 Å². The van der Waals surface area contributed by atoms with E-state index >= 15 is 0 Å². The van der Waals surface area contributed by atoms with Gasteiger partial charge in [0.25, 0.3) is 11.8 Å². The molecule has 2 aliphatic heterocycles. The van der Waals surface area contributed by atoms with Crippen molar-refractivity contribution in [2.75, 3.05) is 11.4 Å². The van der Waals surface area contributed by atoms with Crippen LogP contribution in [0.1, 0.15) is 45.6 Å². The topological polar surface area (TPSA) is 40.6 Å². The third-order valence-electron chi connectivity index (χ3n) is 4.77. The van der Waals surface area contributed by atoms with E-state index in [0.717, 1.165) is 35.0 Å². The van der Waals surface area contributed by atoms with Crippen LogP contribution in [0, 0.1) is 0 Å². The van der Waals surface area contributed by atoms with Crippen LogP contribution in [0.4, 0.5) is 5.69 Å². The molecule has 1 fully saturated rings. The molecule has 2 amide bonds. The maximum absolute atomic E-state index is 13.2. The van der Waals surface area contributed by atoms with Gasteiger partial charge in [0.1, 0.15) is 4.32 Å². The summed E-state index contributed by atoms with van der Waals surface area (Å²) in [5.74, 6) is -0.253. The molecule has 26 heavy (non-hydrogen) atoms. The van der Waals surface area contributed by atoms with E-state index in [0.29, 0.717) is 21.3 Å². The number of amides is 2. The molecular formula is C19H21BrN2O2S2. The summed E-state index contributed by atoms with van der Waals surface area (Å²) in [4.78, 5) is 30.1. The normalized spacial score (nSPS) is 21.0. The predicted molar refractivity (Wildman–Crippen MR) is 115 cm³/mol. The lowest BCUT2D eigenvalue weighted by molar-refractivity contribution is -0.123. The summed E-state index contributed by atoms with van der Waals surface area (Å²) in [6, 6.07) is 5.81. The molecule has 1 saturated heterocycles. The summed E-state index contributed by atoms with van der Waals surface area (Å²) in [5, 5.41) is 0. The van der Waals surface area contributed by atoms with Crippen molar-refractivity contribution in [1.82, 2.24) is 4.90 Å². The lowest BCUT2D eigenvalue weighted by Crippen LogP contribution is -2.36. The Labute approximate surface area is 172 Å². The Hall–Kier alpha value is -1.18. The molecule has 3 rings (SSSR count). The van der Waals surface area contributed by atoms with Gasteiger partial charge in [-0.3, -0.25) is 14.5 Å². The molecule has 2 aliphatic rings. The van der Waals surface area contributed by atoms with Gasteiger partial charge in [0.2, 0.25) is 0 Å². The van der Waals surface area contributed by atoms with Gasteiger partial charge in [0.15, 0.2) is 0 Å². The molecule has 0 N–H and O–H groups in total. The molecule has 1 aromatic carbocycles. The summed E-state index contributed by atoms with van der Waals surface area (Å²) in [6.45, 7) is 6.75. The van der Waals surface area contributed by atoms with E-state index in [-0.39, 0.29) is 17.9 Å². The monoisotopic (exact) mass is 452 g/mol. The molecule has 0 radical (unpaired) electrons. The number of halogens is 1. The Bertz CT molecular complexity index is 822. The number of anilines is 1. The summed E-state index contributed by atoms with van der Waals surface area (Å²) in [5.41, 5.74) is 2.17. The smallest absolute Gasteiger partial charge is 0.267 e. The van der Waals surface area contributed by atoms with Crippen molar-refractivity contribution in [3.63, 3.8) is 0 Å². The maximum atomic E-state index is 13.2. The zero-order valence-corrected chi connectivity index (χ0v) is 18.3. The van der Waals surface area contributed by atoms with Gasteiger partial charge in [-0.1, -0.05) is 60.2 Å². The van der Waals surface area contributed by atoms with Crippen molar-refractivity contribution in [2.45, 2.75) is 46.1 Å². The Morgan fingerprint density at radius 1 is 1.23 bits per heavy atom. The predicted octanol–water partition coefficient (Wildman–Crippen LogP) is 4.97. The number of rotatable bonds is 5. The molecule has 0 saturated carbocycles. The van der Waals surface area contributed by atoms with Crippen LogP contribution >= 0.6 is 39.9 Å². The van der Waals surface area contributed by atoms with Crippen molar-refractivity contribution < 1.29 is 9.59 Å². The first-order valence-electron chi connectivity index (χ1n) is 8.82. The average molecular weight is 453 g/mol. The standard InChI is InChI=1S/C19H21BrN2O2S2/c1-4-6-9-21-14-8-7-12(20)10-13(14)15(17(21)23)16-18(24)22(11(3)5-2)19(25)26-16/h7-8,10-11H,4-6,9H2,1-3H3/b16-15-. The fourth-order valence-electron chi connectivity index (χ4n) is 3.15. The number of unbranched alkanes of at least 4 members (excludes halogenated alkanes) is 1. The fraction of sp³-hybridized carbons (Fsp3) is 0.421. The summed E-state index contributed by atoms with van der Waals surface area (Å²) < 4.78 is 1.42. The molecule has 2 heterocycles. The van der Waals surface area contributed by atoms with Crippen LogP contribution in [0.2, 0.25) is 0 Å². The second-order valence-electron chi connectivity index (χ2n) is 6.48. The van der Waals surface area contributed by atoms with Gasteiger partial charge in [-0.2, -0.15) is 0 Å². The fourth-order valence-corrected chi connectivity index (χ4v) is 5.05. The van der Waals surface area contributed by atoms with E-state index in [4.69, 9.17) is 12.2 Å². The number of hydrogen-bond donors (Lipinski definition) is 0. The first kappa shape index (κ1) is 19.6. The lowest BCUT2D eigenvalue weighted by Gasteiger charge is -2.21. The van der Waals surface area contributed by atoms with Gasteiger partial charge >= 0.3 is 0 Å². The molecule has 1 atom stereocenters. The van der Waals surface area contributed by atoms with Crippen molar-refractivity contribution in [3.05, 3.63) is 33.1 Å². The number of nitrogens with zero attached hydrogens (tertiary/aromatic N) is 2. The molecule has 138 valence electrons. The van der Waals surface area contributed by atoms with Gasteiger partial charge in [-0.05, 0) is 38.0 Å². The number of benzene rings is 1. The van der Waals surface area contributed by atoms with Gasteiger partial charge in [0, 0.05) is 22.6 Å². The van der Waals surface area contributed by atoms with Crippen molar-refractivity contribution >= 4 is 67.3 Å². The molecule has 0 aromatic heterocycles. The van der Waals surface area contributed by atoms with E-state index < -0.39 is 0 Å². The Balaban J connectivity index is 2.12. The summed E-state index contributed by atoms with van der Waals surface area (Å²) >= 11 is 10.2. The quantitative estimate of drug-likeness (QED) is 0.467. The van der Waals surface area contributed by atoms with E-state index in [1.54, 1.807) is 9.80 Å².